The van der Waals surface area contributed by atoms with E-state index in [1.54, 1.807) is 9.80 Å². The Kier molecular flexibility index (Phi) is 6.54. The van der Waals surface area contributed by atoms with Crippen LogP contribution in [0.3, 0.4) is 0 Å². The Morgan fingerprint density at radius 3 is 2.07 bits per heavy atom. The monoisotopic (exact) mass is 387 g/mol. The Morgan fingerprint density at radius 2 is 1.54 bits per heavy atom. The molecule has 0 spiro atoms. The number of carboxylic acids is 1. The van der Waals surface area contributed by atoms with Gasteiger partial charge in [0.05, 0.1) is 5.92 Å². The van der Waals surface area contributed by atoms with Crippen LogP contribution in [0.1, 0.15) is 48.5 Å². The van der Waals surface area contributed by atoms with Crippen LogP contribution < -0.4 is 5.32 Å². The number of amides is 3. The van der Waals surface area contributed by atoms with E-state index in [9.17, 15) is 14.4 Å². The first-order chi connectivity index (χ1) is 13.5. The molecule has 0 atom stereocenters. The number of carbonyl (C=O) groups is 3. The first-order valence-electron chi connectivity index (χ1n) is 10.1. The van der Waals surface area contributed by atoms with E-state index >= 15 is 0 Å². The second-order valence-electron chi connectivity index (χ2n) is 7.67. The second kappa shape index (κ2) is 9.08. The molecule has 1 aliphatic carbocycles. The van der Waals surface area contributed by atoms with Gasteiger partial charge in [0.15, 0.2) is 0 Å². The minimum Gasteiger partial charge on any atom is -0.481 e. The van der Waals surface area contributed by atoms with Crippen molar-refractivity contribution in [3.63, 3.8) is 0 Å². The molecule has 0 bridgehead atoms. The van der Waals surface area contributed by atoms with Gasteiger partial charge in [-0.15, -0.1) is 0 Å². The van der Waals surface area contributed by atoms with Crippen LogP contribution in [0.4, 0.5) is 4.79 Å². The maximum atomic E-state index is 12.6. The molecule has 7 nitrogen and oxygen atoms in total. The summed E-state index contributed by atoms with van der Waals surface area (Å²) in [5.41, 5.74) is 1.89. The number of hydrogen-bond donors (Lipinski definition) is 2. The summed E-state index contributed by atoms with van der Waals surface area (Å²) in [5.74, 6) is -1.02. The fraction of sp³-hybridized carbons (Fsp3) is 0.571. The van der Waals surface area contributed by atoms with Gasteiger partial charge in [-0.05, 0) is 49.8 Å². The minimum atomic E-state index is -0.741. The molecular weight excluding hydrogens is 358 g/mol. The maximum Gasteiger partial charge on any atom is 0.317 e. The Morgan fingerprint density at radius 1 is 0.964 bits per heavy atom. The van der Waals surface area contributed by atoms with Gasteiger partial charge in [-0.1, -0.05) is 19.1 Å². The molecule has 1 heterocycles. The number of rotatable bonds is 4. The minimum absolute atomic E-state index is 0.00899. The number of urea groups is 1. The molecule has 1 saturated heterocycles. The zero-order chi connectivity index (χ0) is 20.1. The van der Waals surface area contributed by atoms with Crippen LogP contribution in [0.5, 0.6) is 0 Å². The summed E-state index contributed by atoms with van der Waals surface area (Å²) < 4.78 is 0. The molecule has 2 fully saturated rings. The van der Waals surface area contributed by atoms with Crippen LogP contribution in [0.25, 0.3) is 0 Å². The number of carbonyl (C=O) groups excluding carboxylic acids is 2. The molecule has 0 unspecified atom stereocenters. The highest BCUT2D eigenvalue weighted by atomic mass is 16.4. The number of hydrogen-bond acceptors (Lipinski definition) is 3. The van der Waals surface area contributed by atoms with Crippen LogP contribution in [0, 0.1) is 5.92 Å². The van der Waals surface area contributed by atoms with Crippen molar-refractivity contribution >= 4 is 17.9 Å². The van der Waals surface area contributed by atoms with E-state index in [0.29, 0.717) is 57.4 Å². The average Bonchev–Trinajstić information content (AvgIpc) is 2.73. The summed E-state index contributed by atoms with van der Waals surface area (Å²) in [4.78, 5) is 39.7. The van der Waals surface area contributed by atoms with Gasteiger partial charge in [0, 0.05) is 37.8 Å². The molecule has 1 aromatic carbocycles. The quantitative estimate of drug-likeness (QED) is 0.830. The molecule has 28 heavy (non-hydrogen) atoms. The van der Waals surface area contributed by atoms with E-state index in [1.807, 2.05) is 24.3 Å². The number of aliphatic carboxylic acids is 1. The van der Waals surface area contributed by atoms with Gasteiger partial charge < -0.3 is 20.2 Å². The molecule has 2 aliphatic rings. The van der Waals surface area contributed by atoms with E-state index in [2.05, 4.69) is 12.2 Å². The molecule has 2 N–H and O–H groups in total. The summed E-state index contributed by atoms with van der Waals surface area (Å²) in [6, 6.07) is 7.63. The van der Waals surface area contributed by atoms with Crippen molar-refractivity contribution in [3.05, 3.63) is 35.4 Å². The molecule has 1 saturated carbocycles. The molecule has 0 aromatic heterocycles. The molecular formula is C21H29N3O4. The number of nitrogens with one attached hydrogen (secondary N) is 1. The van der Waals surface area contributed by atoms with Crippen molar-refractivity contribution in [1.29, 1.82) is 0 Å². The lowest BCUT2D eigenvalue weighted by molar-refractivity contribution is -0.142. The maximum absolute atomic E-state index is 12.6. The Balaban J connectivity index is 1.45. The molecule has 3 amide bonds. The van der Waals surface area contributed by atoms with Gasteiger partial charge in [-0.25, -0.2) is 4.79 Å². The van der Waals surface area contributed by atoms with Gasteiger partial charge in [0.25, 0.3) is 5.91 Å². The molecule has 3 rings (SSSR count). The topological polar surface area (TPSA) is 90.0 Å². The zero-order valence-corrected chi connectivity index (χ0v) is 16.4. The van der Waals surface area contributed by atoms with Crippen LogP contribution in [-0.4, -0.2) is 65.0 Å². The molecule has 0 radical (unpaired) electrons. The first kappa shape index (κ1) is 20.2. The third-order valence-corrected chi connectivity index (χ3v) is 5.87. The van der Waals surface area contributed by atoms with Crippen LogP contribution in [0.2, 0.25) is 0 Å². The van der Waals surface area contributed by atoms with E-state index in [4.69, 9.17) is 5.11 Å². The summed E-state index contributed by atoms with van der Waals surface area (Å²) in [5, 5.41) is 12.1. The predicted molar refractivity (Wildman–Crippen MR) is 105 cm³/mol. The SMILES string of the molecule is CCc1ccc(C(=O)N2CCN(C(=O)NC3CCC(C(=O)O)CC3)CC2)cc1. The highest BCUT2D eigenvalue weighted by Gasteiger charge is 2.29. The van der Waals surface area contributed by atoms with Gasteiger partial charge in [-0.3, -0.25) is 9.59 Å². The molecule has 152 valence electrons. The second-order valence-corrected chi connectivity index (χ2v) is 7.67. The normalized spacial score (nSPS) is 22.6. The Bertz CT molecular complexity index is 703. The van der Waals surface area contributed by atoms with Crippen molar-refractivity contribution in [2.24, 2.45) is 5.92 Å². The lowest BCUT2D eigenvalue weighted by Gasteiger charge is -2.36. The van der Waals surface area contributed by atoms with Crippen molar-refractivity contribution in [2.75, 3.05) is 26.2 Å². The summed E-state index contributed by atoms with van der Waals surface area (Å²) in [7, 11) is 0. The fourth-order valence-corrected chi connectivity index (χ4v) is 3.93. The average molecular weight is 387 g/mol. The van der Waals surface area contributed by atoms with Crippen molar-refractivity contribution < 1.29 is 19.5 Å². The predicted octanol–water partition coefficient (Wildman–Crippen LogP) is 2.36. The third-order valence-electron chi connectivity index (χ3n) is 5.87. The first-order valence-corrected chi connectivity index (χ1v) is 10.1. The largest absolute Gasteiger partial charge is 0.481 e. The molecule has 1 aromatic rings. The van der Waals surface area contributed by atoms with Gasteiger partial charge in [0.1, 0.15) is 0 Å². The summed E-state index contributed by atoms with van der Waals surface area (Å²) in [6.45, 7) is 4.14. The van der Waals surface area contributed by atoms with Crippen molar-refractivity contribution in [1.82, 2.24) is 15.1 Å². The summed E-state index contributed by atoms with van der Waals surface area (Å²) in [6.07, 6.45) is 3.57. The zero-order valence-electron chi connectivity index (χ0n) is 16.4. The number of benzene rings is 1. The van der Waals surface area contributed by atoms with Gasteiger partial charge in [-0.2, -0.15) is 0 Å². The van der Waals surface area contributed by atoms with Crippen LogP contribution in [-0.2, 0) is 11.2 Å². The number of piperazine rings is 1. The van der Waals surface area contributed by atoms with Crippen LogP contribution in [0.15, 0.2) is 24.3 Å². The summed E-state index contributed by atoms with van der Waals surface area (Å²) >= 11 is 0. The van der Waals surface area contributed by atoms with Gasteiger partial charge >= 0.3 is 12.0 Å². The smallest absolute Gasteiger partial charge is 0.317 e. The third kappa shape index (κ3) is 4.82. The van der Waals surface area contributed by atoms with Gasteiger partial charge in [0.2, 0.25) is 0 Å². The van der Waals surface area contributed by atoms with Crippen molar-refractivity contribution in [2.45, 2.75) is 45.1 Å². The molecule has 1 aliphatic heterocycles. The number of aryl methyl sites for hydroxylation is 1. The van der Waals surface area contributed by atoms with E-state index < -0.39 is 5.97 Å². The fourth-order valence-electron chi connectivity index (χ4n) is 3.93. The van der Waals surface area contributed by atoms with E-state index in [1.165, 1.54) is 5.56 Å². The number of carboxylic acid groups (broad SMARTS) is 1. The number of nitrogens with zero attached hydrogens (tertiary/aromatic N) is 2. The highest BCUT2D eigenvalue weighted by molar-refractivity contribution is 5.94. The lowest BCUT2D eigenvalue weighted by atomic mass is 9.86. The Labute approximate surface area is 165 Å². The van der Waals surface area contributed by atoms with E-state index in [0.717, 1.165) is 6.42 Å². The van der Waals surface area contributed by atoms with Crippen LogP contribution >= 0.6 is 0 Å². The Hall–Kier alpha value is -2.57. The highest BCUT2D eigenvalue weighted by Crippen LogP contribution is 2.24. The van der Waals surface area contributed by atoms with E-state index in [-0.39, 0.29) is 23.9 Å². The molecule has 7 heteroatoms. The lowest BCUT2D eigenvalue weighted by Crippen LogP contribution is -2.54. The van der Waals surface area contributed by atoms with Crippen molar-refractivity contribution in [3.8, 4) is 0 Å². The standard InChI is InChI=1S/C21H29N3O4/c1-2-15-3-5-16(6-4-15)19(25)23-11-13-24(14-12-23)21(28)22-18-9-7-17(8-10-18)20(26)27/h3-6,17-18H,2,7-14H2,1H3,(H,22,28)(H,26,27).